The largest absolute Gasteiger partial charge is 0.478 e. The van der Waals surface area contributed by atoms with E-state index < -0.39 is 5.97 Å². The topological polar surface area (TPSA) is 88.2 Å². The van der Waals surface area contributed by atoms with E-state index in [9.17, 15) is 4.79 Å². The van der Waals surface area contributed by atoms with Crippen LogP contribution < -0.4 is 11.1 Å². The molecule has 0 aromatic carbocycles. The minimum absolute atomic E-state index is 0.0675. The molecule has 6 heteroatoms. The Balaban J connectivity index is 2.07. The number of carboxylic acid groups (broad SMARTS) is 1. The van der Waals surface area contributed by atoms with E-state index in [0.29, 0.717) is 12.4 Å². The number of aromatic nitrogens is 1. The van der Waals surface area contributed by atoms with Crippen LogP contribution in [0.3, 0.4) is 0 Å². The highest BCUT2D eigenvalue weighted by atomic mass is 32.1. The van der Waals surface area contributed by atoms with Gasteiger partial charge in [-0.2, -0.15) is 0 Å². The third-order valence-electron chi connectivity index (χ3n) is 2.67. The molecule has 0 saturated carbocycles. The van der Waals surface area contributed by atoms with Gasteiger partial charge in [0.1, 0.15) is 5.82 Å². The van der Waals surface area contributed by atoms with Gasteiger partial charge in [0.2, 0.25) is 0 Å². The van der Waals surface area contributed by atoms with Crippen molar-refractivity contribution < 1.29 is 9.90 Å². The molecule has 0 spiro atoms. The number of carbonyl (C=O) groups is 1. The van der Waals surface area contributed by atoms with Crippen LogP contribution >= 0.6 is 11.3 Å². The van der Waals surface area contributed by atoms with Crippen LogP contribution in [0.15, 0.2) is 24.4 Å². The van der Waals surface area contributed by atoms with Crippen LogP contribution in [0.4, 0.5) is 11.5 Å². The number of nitrogens with zero attached hydrogens (tertiary/aromatic N) is 1. The van der Waals surface area contributed by atoms with E-state index in [2.05, 4.69) is 29.4 Å². The summed E-state index contributed by atoms with van der Waals surface area (Å²) in [4.78, 5) is 17.5. The van der Waals surface area contributed by atoms with Gasteiger partial charge in [-0.05, 0) is 24.6 Å². The summed E-state index contributed by atoms with van der Waals surface area (Å²) in [6.45, 7) is 2.74. The number of nitrogens with two attached hydrogens (primary N) is 1. The number of rotatable bonds is 5. The Morgan fingerprint density at radius 2 is 2.21 bits per heavy atom. The molecule has 2 aromatic heterocycles. The number of hydrogen-bond donors (Lipinski definition) is 3. The highest BCUT2D eigenvalue weighted by Gasteiger charge is 2.09. The minimum Gasteiger partial charge on any atom is -0.478 e. The summed E-state index contributed by atoms with van der Waals surface area (Å²) in [5.74, 6) is -0.537. The Hall–Kier alpha value is -2.08. The molecule has 0 fully saturated rings. The second kappa shape index (κ2) is 5.71. The fourth-order valence-corrected chi connectivity index (χ4v) is 2.53. The maximum atomic E-state index is 11.0. The molecule has 100 valence electrons. The molecule has 0 amide bonds. The molecular formula is C13H15N3O2S. The van der Waals surface area contributed by atoms with Crippen LogP contribution in [0.25, 0.3) is 0 Å². The number of nitrogens with one attached hydrogen (secondary N) is 1. The smallest absolute Gasteiger partial charge is 0.337 e. The van der Waals surface area contributed by atoms with Crippen LogP contribution in [0.1, 0.15) is 27.0 Å². The molecule has 0 aliphatic rings. The standard InChI is InChI=1S/C13H15N3O2S/c1-2-8-3-4-9(19-8)6-15-12-5-10(13(17)18)11(14)7-16-12/h3-5,7H,2,6,14H2,1H3,(H,15,16)(H,17,18). The third-order valence-corrected chi connectivity index (χ3v) is 3.90. The summed E-state index contributed by atoms with van der Waals surface area (Å²) in [7, 11) is 0. The van der Waals surface area contributed by atoms with E-state index in [0.717, 1.165) is 6.42 Å². The maximum Gasteiger partial charge on any atom is 0.337 e. The molecule has 2 rings (SSSR count). The molecule has 0 saturated heterocycles. The number of nitrogen functional groups attached to an aromatic ring is 1. The average Bonchev–Trinajstić information content (AvgIpc) is 2.85. The molecule has 2 aromatic rings. The lowest BCUT2D eigenvalue weighted by Crippen LogP contribution is -2.06. The Morgan fingerprint density at radius 3 is 2.84 bits per heavy atom. The number of pyridine rings is 1. The van der Waals surface area contributed by atoms with Gasteiger partial charge in [0.05, 0.1) is 24.0 Å². The second-order valence-electron chi connectivity index (χ2n) is 4.04. The van der Waals surface area contributed by atoms with Gasteiger partial charge < -0.3 is 16.2 Å². The van der Waals surface area contributed by atoms with Gasteiger partial charge in [0, 0.05) is 9.75 Å². The van der Waals surface area contributed by atoms with Gasteiger partial charge >= 0.3 is 5.97 Å². The van der Waals surface area contributed by atoms with Crippen molar-refractivity contribution >= 4 is 28.8 Å². The highest BCUT2D eigenvalue weighted by Crippen LogP contribution is 2.19. The van der Waals surface area contributed by atoms with Gasteiger partial charge in [-0.25, -0.2) is 9.78 Å². The zero-order valence-corrected chi connectivity index (χ0v) is 11.3. The highest BCUT2D eigenvalue weighted by molar-refractivity contribution is 7.12. The lowest BCUT2D eigenvalue weighted by molar-refractivity contribution is 0.0698. The second-order valence-corrected chi connectivity index (χ2v) is 5.29. The molecule has 5 nitrogen and oxygen atoms in total. The molecule has 2 heterocycles. The van der Waals surface area contributed by atoms with E-state index in [1.54, 1.807) is 11.3 Å². The first-order valence-electron chi connectivity index (χ1n) is 5.90. The van der Waals surface area contributed by atoms with Crippen molar-refractivity contribution in [2.45, 2.75) is 19.9 Å². The van der Waals surface area contributed by atoms with Crippen molar-refractivity contribution in [3.63, 3.8) is 0 Å². The summed E-state index contributed by atoms with van der Waals surface area (Å²) >= 11 is 1.73. The predicted octanol–water partition coefficient (Wildman–Crippen LogP) is 2.60. The van der Waals surface area contributed by atoms with Crippen molar-refractivity contribution in [3.05, 3.63) is 39.7 Å². The first kappa shape index (κ1) is 13.4. The van der Waals surface area contributed by atoms with Gasteiger partial charge in [-0.15, -0.1) is 11.3 Å². The van der Waals surface area contributed by atoms with E-state index >= 15 is 0 Å². The first-order valence-corrected chi connectivity index (χ1v) is 6.72. The first-order chi connectivity index (χ1) is 9.10. The molecule has 0 radical (unpaired) electrons. The van der Waals surface area contributed by atoms with E-state index in [1.807, 2.05) is 0 Å². The van der Waals surface area contributed by atoms with Gasteiger partial charge in [0.25, 0.3) is 0 Å². The van der Waals surface area contributed by atoms with Crippen LogP contribution in [0.2, 0.25) is 0 Å². The monoisotopic (exact) mass is 277 g/mol. The van der Waals surface area contributed by atoms with Crippen LogP contribution in [-0.4, -0.2) is 16.1 Å². The fourth-order valence-electron chi connectivity index (χ4n) is 1.63. The van der Waals surface area contributed by atoms with Gasteiger partial charge in [-0.3, -0.25) is 0 Å². The SMILES string of the molecule is CCc1ccc(CNc2cc(C(=O)O)c(N)cn2)s1. The summed E-state index contributed by atoms with van der Waals surface area (Å²) in [6.07, 6.45) is 2.38. The molecule has 0 aliphatic heterocycles. The molecular weight excluding hydrogens is 262 g/mol. The Kier molecular flexibility index (Phi) is 4.01. The predicted molar refractivity (Wildman–Crippen MR) is 76.6 cm³/mol. The summed E-state index contributed by atoms with van der Waals surface area (Å²) in [6, 6.07) is 5.61. The number of thiophene rings is 1. The van der Waals surface area contributed by atoms with Crippen LogP contribution in [0.5, 0.6) is 0 Å². The molecule has 0 unspecified atom stereocenters. The summed E-state index contributed by atoms with van der Waals surface area (Å²) in [5, 5.41) is 12.1. The number of carboxylic acids is 1. The molecule has 0 bridgehead atoms. The van der Waals surface area contributed by atoms with E-state index in [4.69, 9.17) is 10.8 Å². The summed E-state index contributed by atoms with van der Waals surface area (Å²) in [5.41, 5.74) is 5.79. The van der Waals surface area contributed by atoms with Crippen molar-refractivity contribution in [3.8, 4) is 0 Å². The zero-order chi connectivity index (χ0) is 13.8. The fraction of sp³-hybridized carbons (Fsp3) is 0.231. The van der Waals surface area contributed by atoms with Gasteiger partial charge in [-0.1, -0.05) is 6.92 Å². The Labute approximate surface area is 115 Å². The van der Waals surface area contributed by atoms with Gasteiger partial charge in [0.15, 0.2) is 0 Å². The Bertz CT molecular complexity index is 595. The quantitative estimate of drug-likeness (QED) is 0.781. The molecule has 4 N–H and O–H groups in total. The van der Waals surface area contributed by atoms with Crippen LogP contribution in [-0.2, 0) is 13.0 Å². The van der Waals surface area contributed by atoms with Crippen molar-refractivity contribution in [1.82, 2.24) is 4.98 Å². The number of aryl methyl sites for hydroxylation is 1. The summed E-state index contributed by atoms with van der Waals surface area (Å²) < 4.78 is 0. The lowest BCUT2D eigenvalue weighted by Gasteiger charge is -2.06. The maximum absolute atomic E-state index is 11.0. The van der Waals surface area contributed by atoms with Crippen molar-refractivity contribution in [2.75, 3.05) is 11.1 Å². The average molecular weight is 277 g/mol. The van der Waals surface area contributed by atoms with E-state index in [-0.39, 0.29) is 11.3 Å². The Morgan fingerprint density at radius 1 is 1.47 bits per heavy atom. The van der Waals surface area contributed by atoms with Crippen molar-refractivity contribution in [1.29, 1.82) is 0 Å². The minimum atomic E-state index is -1.05. The number of anilines is 2. The molecule has 19 heavy (non-hydrogen) atoms. The van der Waals surface area contributed by atoms with Crippen molar-refractivity contribution in [2.24, 2.45) is 0 Å². The molecule has 0 aliphatic carbocycles. The van der Waals surface area contributed by atoms with E-state index in [1.165, 1.54) is 22.0 Å². The molecule has 0 atom stereocenters. The normalized spacial score (nSPS) is 10.4. The zero-order valence-electron chi connectivity index (χ0n) is 10.5. The third kappa shape index (κ3) is 3.23. The number of hydrogen-bond acceptors (Lipinski definition) is 5. The lowest BCUT2D eigenvalue weighted by atomic mass is 10.2. The van der Waals surface area contributed by atoms with Crippen LogP contribution in [0, 0.1) is 0 Å². The number of aromatic carboxylic acids is 1.